The predicted molar refractivity (Wildman–Crippen MR) is 218 cm³/mol. The summed E-state index contributed by atoms with van der Waals surface area (Å²) in [5.41, 5.74) is 14.6. The number of halogens is 1. The van der Waals surface area contributed by atoms with Crippen LogP contribution in [0.2, 0.25) is 0 Å². The van der Waals surface area contributed by atoms with Crippen LogP contribution < -0.4 is 11.1 Å². The summed E-state index contributed by atoms with van der Waals surface area (Å²) in [5.74, 6) is 1.58. The molecule has 53 heavy (non-hydrogen) atoms. The van der Waals surface area contributed by atoms with Gasteiger partial charge in [-0.3, -0.25) is 9.89 Å². The van der Waals surface area contributed by atoms with Gasteiger partial charge in [0, 0.05) is 16.7 Å². The Bertz CT molecular complexity index is 1930. The van der Waals surface area contributed by atoms with E-state index in [1.807, 2.05) is 6.92 Å². The Kier molecular flexibility index (Phi) is 13.5. The van der Waals surface area contributed by atoms with Crippen molar-refractivity contribution in [2.45, 2.75) is 112 Å². The number of aliphatic imine (C=N–C) groups is 1. The van der Waals surface area contributed by atoms with Crippen LogP contribution in [-0.2, 0) is 29.1 Å². The van der Waals surface area contributed by atoms with Crippen LogP contribution in [0.4, 0.5) is 9.39 Å². The number of nitrogens with one attached hydrogen (secondary N) is 2. The Hall–Kier alpha value is -4.04. The highest BCUT2D eigenvalue weighted by atomic mass is 32.1. The second-order valence-electron chi connectivity index (χ2n) is 14.6. The van der Waals surface area contributed by atoms with Gasteiger partial charge in [0.25, 0.3) is 0 Å². The Balaban J connectivity index is 0.000000705. The van der Waals surface area contributed by atoms with Crippen LogP contribution in [-0.4, -0.2) is 48.2 Å². The maximum absolute atomic E-state index is 15.0. The van der Waals surface area contributed by atoms with Crippen molar-refractivity contribution in [3.8, 4) is 17.2 Å². The number of amidine groups is 1. The summed E-state index contributed by atoms with van der Waals surface area (Å²) in [5, 5.41) is 21.7. The highest BCUT2D eigenvalue weighted by Gasteiger charge is 2.45. The number of hydrogen-bond acceptors (Lipinski definition) is 8. The van der Waals surface area contributed by atoms with E-state index in [2.05, 4.69) is 63.6 Å². The third kappa shape index (κ3) is 8.23. The third-order valence-electron chi connectivity index (χ3n) is 11.3. The van der Waals surface area contributed by atoms with Crippen LogP contribution in [0.3, 0.4) is 0 Å². The van der Waals surface area contributed by atoms with Gasteiger partial charge in [-0.2, -0.15) is 5.26 Å². The number of allylic oxidation sites excluding steroid dienone is 1. The zero-order chi connectivity index (χ0) is 38.3. The van der Waals surface area contributed by atoms with Gasteiger partial charge in [-0.1, -0.05) is 46.3 Å². The lowest BCUT2D eigenvalue weighted by Crippen LogP contribution is -2.43. The van der Waals surface area contributed by atoms with Crippen LogP contribution >= 0.6 is 11.3 Å². The fourth-order valence-electron chi connectivity index (χ4n) is 8.07. The molecule has 3 aromatic rings. The first-order valence-electron chi connectivity index (χ1n) is 19.3. The van der Waals surface area contributed by atoms with Gasteiger partial charge in [0.05, 0.1) is 35.6 Å². The quantitative estimate of drug-likeness (QED) is 0.0695. The second kappa shape index (κ2) is 17.9. The van der Waals surface area contributed by atoms with Crippen LogP contribution in [0, 0.1) is 35.4 Å². The molecule has 2 aromatic carbocycles. The second-order valence-corrected chi connectivity index (χ2v) is 15.6. The molecule has 0 bridgehead atoms. The Labute approximate surface area is 319 Å². The van der Waals surface area contributed by atoms with Gasteiger partial charge in [0.2, 0.25) is 0 Å². The number of rotatable bonds is 13. The van der Waals surface area contributed by atoms with Gasteiger partial charge >= 0.3 is 0 Å². The van der Waals surface area contributed by atoms with Crippen LogP contribution in [0.25, 0.3) is 21.2 Å². The first-order valence-corrected chi connectivity index (χ1v) is 20.1. The first kappa shape index (κ1) is 40.2. The zero-order valence-corrected chi connectivity index (χ0v) is 33.3. The molecule has 1 unspecified atom stereocenters. The predicted octanol–water partition coefficient (Wildman–Crippen LogP) is 9.94. The molecule has 1 atom stereocenters. The van der Waals surface area contributed by atoms with Gasteiger partial charge < -0.3 is 25.9 Å². The van der Waals surface area contributed by atoms with E-state index in [1.54, 1.807) is 12.1 Å². The molecule has 3 aliphatic rings. The summed E-state index contributed by atoms with van der Waals surface area (Å²) in [7, 11) is 0. The lowest BCUT2D eigenvalue weighted by atomic mass is 9.82. The third-order valence-corrected chi connectivity index (χ3v) is 12.3. The normalized spacial score (nSPS) is 17.2. The summed E-state index contributed by atoms with van der Waals surface area (Å²) in [4.78, 5) is 7.62. The van der Waals surface area contributed by atoms with Crippen molar-refractivity contribution >= 4 is 38.0 Å². The van der Waals surface area contributed by atoms with Crippen LogP contribution in [0.15, 0.2) is 41.7 Å². The van der Waals surface area contributed by atoms with Crippen molar-refractivity contribution in [3.05, 3.63) is 75.9 Å². The molecule has 0 spiro atoms. The molecule has 10 heteroatoms. The summed E-state index contributed by atoms with van der Waals surface area (Å²) in [6, 6.07) is 5.51. The number of thiophene rings is 1. The van der Waals surface area contributed by atoms with E-state index in [1.165, 1.54) is 31.7 Å². The molecule has 1 aromatic heterocycles. The SMILES string of the molecule is C=CCN=C(N/C(=C/CCC)OCC12CCCN1CCC2)c1c(C)c(CC)c(-c2ccc(F)c3sc(N)c(C#N)c23)c2c1COC2.CCC(C)C(C)=N. The van der Waals surface area contributed by atoms with Gasteiger partial charge in [0.1, 0.15) is 29.3 Å². The molecule has 8 nitrogen and oxygen atoms in total. The molecule has 0 saturated carbocycles. The minimum Gasteiger partial charge on any atom is -0.477 e. The molecule has 284 valence electrons. The number of fused-ring (bicyclic) bond motifs is 3. The molecule has 0 aliphatic carbocycles. The minimum atomic E-state index is -0.372. The molecule has 0 amide bonds. The number of hydrogen-bond donors (Lipinski definition) is 3. The molecule has 0 radical (unpaired) electrons. The number of ether oxygens (including phenoxy) is 2. The fourth-order valence-corrected chi connectivity index (χ4v) is 9.02. The minimum absolute atomic E-state index is 0.126. The molecular formula is C43H57FN6O2S. The van der Waals surface area contributed by atoms with Crippen molar-refractivity contribution in [1.29, 1.82) is 10.7 Å². The number of nitrogens with two attached hydrogens (primary N) is 1. The monoisotopic (exact) mass is 740 g/mol. The lowest BCUT2D eigenvalue weighted by molar-refractivity contribution is 0.0682. The molecule has 3 aliphatic heterocycles. The summed E-state index contributed by atoms with van der Waals surface area (Å²) in [6.07, 6.45) is 12.5. The van der Waals surface area contributed by atoms with E-state index >= 15 is 4.39 Å². The van der Waals surface area contributed by atoms with Gasteiger partial charge in [-0.15, -0.1) is 17.9 Å². The smallest absolute Gasteiger partial charge is 0.188 e. The van der Waals surface area contributed by atoms with Gasteiger partial charge in [0.15, 0.2) is 5.88 Å². The van der Waals surface area contributed by atoms with Crippen LogP contribution in [0.5, 0.6) is 0 Å². The molecule has 6 rings (SSSR count). The van der Waals surface area contributed by atoms with Gasteiger partial charge in [-0.25, -0.2) is 4.39 Å². The number of nitrogens with zero attached hydrogens (tertiary/aromatic N) is 3. The van der Waals surface area contributed by atoms with E-state index < -0.39 is 0 Å². The topological polar surface area (TPSA) is 120 Å². The fraction of sp³-hybridized carbons (Fsp3) is 0.512. The van der Waals surface area contributed by atoms with E-state index in [4.69, 9.17) is 25.6 Å². The van der Waals surface area contributed by atoms with Crippen molar-refractivity contribution in [2.24, 2.45) is 10.9 Å². The molecule has 4 N–H and O–H groups in total. The van der Waals surface area contributed by atoms with Gasteiger partial charge in [-0.05, 0) is 123 Å². The number of unbranched alkanes of at least 4 members (excludes halogenated alkanes) is 1. The van der Waals surface area contributed by atoms with E-state index in [0.717, 1.165) is 106 Å². The number of anilines is 1. The average Bonchev–Trinajstić information content (AvgIpc) is 3.94. The maximum atomic E-state index is 15.0. The van der Waals surface area contributed by atoms with Crippen LogP contribution in [0.1, 0.15) is 113 Å². The van der Waals surface area contributed by atoms with E-state index in [9.17, 15) is 5.26 Å². The zero-order valence-electron chi connectivity index (χ0n) is 32.5. The summed E-state index contributed by atoms with van der Waals surface area (Å²) in [6.45, 7) is 20.6. The largest absolute Gasteiger partial charge is 0.477 e. The number of nitrogen functional groups attached to an aromatic ring is 1. The molecule has 2 saturated heterocycles. The molecule has 4 heterocycles. The average molecular weight is 741 g/mol. The van der Waals surface area contributed by atoms with Crippen molar-refractivity contribution in [1.82, 2.24) is 10.2 Å². The van der Waals surface area contributed by atoms with Crippen molar-refractivity contribution in [2.75, 3.05) is 32.0 Å². The van der Waals surface area contributed by atoms with E-state index in [0.29, 0.717) is 52.9 Å². The summed E-state index contributed by atoms with van der Waals surface area (Å²) < 4.78 is 28.2. The molecular weight excluding hydrogens is 684 g/mol. The lowest BCUT2D eigenvalue weighted by Gasteiger charge is -2.32. The standard InChI is InChI=1S/C37H44FN5O2S.C6H13N/c1-5-8-11-30(45-22-37-14-9-17-43(37)18-10-15-37)42-36(41-16-6-2)31-23(4)24(7-3)32(28-21-44-20-27(28)31)25-12-13-29(38)34-33(25)26(19-39)35(40)46-34;1-4-5(2)6(3)7/h6,11-13H,2,5,7-10,14-18,20-22,40H2,1,3-4H3,(H,41,42);5,7H,4H2,1-3H3/b30-11-;. The number of benzene rings is 2. The highest BCUT2D eigenvalue weighted by molar-refractivity contribution is 7.23. The van der Waals surface area contributed by atoms with E-state index in [-0.39, 0.29) is 11.4 Å². The Morgan fingerprint density at radius 3 is 2.57 bits per heavy atom. The summed E-state index contributed by atoms with van der Waals surface area (Å²) >= 11 is 1.13. The number of nitriles is 1. The Morgan fingerprint density at radius 1 is 1.25 bits per heavy atom. The van der Waals surface area contributed by atoms with Crippen molar-refractivity contribution in [3.63, 3.8) is 0 Å². The highest BCUT2D eigenvalue weighted by Crippen LogP contribution is 2.46. The maximum Gasteiger partial charge on any atom is 0.188 e. The Morgan fingerprint density at radius 2 is 1.96 bits per heavy atom. The molecule has 2 fully saturated rings. The van der Waals surface area contributed by atoms with Crippen molar-refractivity contribution < 1.29 is 13.9 Å². The first-order chi connectivity index (χ1) is 25.5.